The van der Waals surface area contributed by atoms with Crippen molar-refractivity contribution in [1.29, 1.82) is 0 Å². The largest absolute Gasteiger partial charge is 0.375 e. The second-order valence-corrected chi connectivity index (χ2v) is 9.08. The Morgan fingerprint density at radius 3 is 2.38 bits per heavy atom. The number of rotatable bonds is 6. The molecule has 1 heterocycles. The van der Waals surface area contributed by atoms with E-state index in [1.807, 2.05) is 38.1 Å². The summed E-state index contributed by atoms with van der Waals surface area (Å²) in [6, 6.07) is 20.7. The molecule has 0 fully saturated rings. The number of para-hydroxylation sites is 1. The third kappa shape index (κ3) is 3.87. The SMILES string of the molecule is Cc1ccc(C(=O)C[C@@]2(O)C(=O)N(Cc3cc(C(C)C)ccc3C)c3ccccc32)cc1. The van der Waals surface area contributed by atoms with E-state index < -0.39 is 11.5 Å². The van der Waals surface area contributed by atoms with Gasteiger partial charge in [-0.2, -0.15) is 0 Å². The van der Waals surface area contributed by atoms with Crippen LogP contribution in [0.1, 0.15) is 64.4 Å². The number of ketones is 1. The highest BCUT2D eigenvalue weighted by molar-refractivity contribution is 6.10. The molecule has 1 aliphatic heterocycles. The summed E-state index contributed by atoms with van der Waals surface area (Å²) in [6.45, 7) is 8.61. The first-order valence-electron chi connectivity index (χ1n) is 11.0. The summed E-state index contributed by atoms with van der Waals surface area (Å²) >= 11 is 0. The van der Waals surface area contributed by atoms with Gasteiger partial charge in [0.05, 0.1) is 18.7 Å². The molecular formula is C28H29NO3. The molecule has 3 aromatic rings. The van der Waals surface area contributed by atoms with Gasteiger partial charge in [-0.3, -0.25) is 9.59 Å². The van der Waals surface area contributed by atoms with Gasteiger partial charge in [0.25, 0.3) is 5.91 Å². The highest BCUT2D eigenvalue weighted by atomic mass is 16.3. The number of Topliss-reactive ketones (excluding diaryl/α,β-unsaturated/α-hetero) is 1. The minimum atomic E-state index is -1.87. The van der Waals surface area contributed by atoms with Crippen LogP contribution in [-0.4, -0.2) is 16.8 Å². The number of aryl methyl sites for hydroxylation is 2. The molecule has 32 heavy (non-hydrogen) atoms. The fraction of sp³-hybridized carbons (Fsp3) is 0.286. The number of nitrogens with zero attached hydrogens (tertiary/aromatic N) is 1. The number of aliphatic hydroxyl groups is 1. The summed E-state index contributed by atoms with van der Waals surface area (Å²) in [6.07, 6.45) is -0.284. The van der Waals surface area contributed by atoms with Crippen LogP contribution in [-0.2, 0) is 16.9 Å². The van der Waals surface area contributed by atoms with E-state index in [1.54, 1.807) is 29.2 Å². The number of amides is 1. The van der Waals surface area contributed by atoms with E-state index in [4.69, 9.17) is 0 Å². The zero-order valence-electron chi connectivity index (χ0n) is 19.1. The van der Waals surface area contributed by atoms with Crippen LogP contribution in [0.15, 0.2) is 66.7 Å². The van der Waals surface area contributed by atoms with Gasteiger partial charge in [-0.05, 0) is 42.5 Å². The molecule has 4 rings (SSSR count). The highest BCUT2D eigenvalue weighted by Crippen LogP contribution is 2.43. The molecule has 4 heteroatoms. The minimum absolute atomic E-state index is 0.254. The molecule has 1 N–H and O–H groups in total. The molecule has 0 unspecified atom stereocenters. The molecular weight excluding hydrogens is 398 g/mol. The molecule has 0 saturated carbocycles. The van der Waals surface area contributed by atoms with Gasteiger partial charge in [0.1, 0.15) is 0 Å². The summed E-state index contributed by atoms with van der Waals surface area (Å²) < 4.78 is 0. The molecule has 0 spiro atoms. The molecule has 0 saturated heterocycles. The van der Waals surface area contributed by atoms with Gasteiger partial charge < -0.3 is 10.0 Å². The van der Waals surface area contributed by atoms with Crippen LogP contribution in [0.2, 0.25) is 0 Å². The lowest BCUT2D eigenvalue weighted by atomic mass is 9.88. The van der Waals surface area contributed by atoms with Gasteiger partial charge in [0.2, 0.25) is 0 Å². The van der Waals surface area contributed by atoms with Crippen molar-refractivity contribution < 1.29 is 14.7 Å². The zero-order chi connectivity index (χ0) is 23.0. The maximum absolute atomic E-state index is 13.6. The van der Waals surface area contributed by atoms with E-state index in [9.17, 15) is 14.7 Å². The monoisotopic (exact) mass is 427 g/mol. The Balaban J connectivity index is 1.69. The van der Waals surface area contributed by atoms with Gasteiger partial charge in [-0.15, -0.1) is 0 Å². The average molecular weight is 428 g/mol. The molecule has 0 aromatic heterocycles. The van der Waals surface area contributed by atoms with Crippen LogP contribution in [0.3, 0.4) is 0 Å². The molecule has 164 valence electrons. The van der Waals surface area contributed by atoms with Crippen molar-refractivity contribution in [3.8, 4) is 0 Å². The quantitative estimate of drug-likeness (QED) is 0.533. The summed E-state index contributed by atoms with van der Waals surface area (Å²) in [5.74, 6) is -0.330. The predicted octanol–water partition coefficient (Wildman–Crippen LogP) is 5.43. The first-order valence-corrected chi connectivity index (χ1v) is 11.0. The second kappa shape index (κ2) is 8.36. The summed E-state index contributed by atoms with van der Waals surface area (Å²) in [7, 11) is 0. The summed E-state index contributed by atoms with van der Waals surface area (Å²) in [5, 5.41) is 11.5. The average Bonchev–Trinajstić information content (AvgIpc) is 2.97. The van der Waals surface area contributed by atoms with Gasteiger partial charge >= 0.3 is 0 Å². The molecule has 1 aliphatic rings. The van der Waals surface area contributed by atoms with Crippen molar-refractivity contribution >= 4 is 17.4 Å². The van der Waals surface area contributed by atoms with Crippen LogP contribution < -0.4 is 4.90 Å². The normalized spacial score (nSPS) is 17.7. The minimum Gasteiger partial charge on any atom is -0.375 e. The number of carbonyl (C=O) groups excluding carboxylic acids is 2. The maximum Gasteiger partial charge on any atom is 0.264 e. The molecule has 0 bridgehead atoms. The number of carbonyl (C=O) groups is 2. The maximum atomic E-state index is 13.6. The van der Waals surface area contributed by atoms with Crippen molar-refractivity contribution in [2.24, 2.45) is 0 Å². The fourth-order valence-corrected chi connectivity index (χ4v) is 4.30. The number of benzene rings is 3. The van der Waals surface area contributed by atoms with Crippen LogP contribution in [0.25, 0.3) is 0 Å². The molecule has 0 radical (unpaired) electrons. The number of hydrogen-bond acceptors (Lipinski definition) is 3. The third-order valence-corrected chi connectivity index (χ3v) is 6.40. The van der Waals surface area contributed by atoms with Crippen LogP contribution >= 0.6 is 0 Å². The predicted molar refractivity (Wildman–Crippen MR) is 127 cm³/mol. The van der Waals surface area contributed by atoms with Crippen LogP contribution in [0.5, 0.6) is 0 Å². The zero-order valence-corrected chi connectivity index (χ0v) is 19.1. The molecule has 1 atom stereocenters. The lowest BCUT2D eigenvalue weighted by molar-refractivity contribution is -0.136. The summed E-state index contributed by atoms with van der Waals surface area (Å²) in [5.41, 5.74) is 4.15. The Hall–Kier alpha value is -3.24. The van der Waals surface area contributed by atoms with Crippen LogP contribution in [0.4, 0.5) is 5.69 Å². The van der Waals surface area contributed by atoms with Gasteiger partial charge in [0.15, 0.2) is 11.4 Å². The molecule has 4 nitrogen and oxygen atoms in total. The van der Waals surface area contributed by atoms with Crippen molar-refractivity contribution in [2.75, 3.05) is 4.90 Å². The smallest absolute Gasteiger partial charge is 0.264 e. The van der Waals surface area contributed by atoms with E-state index in [2.05, 4.69) is 32.0 Å². The fourth-order valence-electron chi connectivity index (χ4n) is 4.30. The number of anilines is 1. The Morgan fingerprint density at radius 1 is 1.00 bits per heavy atom. The van der Waals surface area contributed by atoms with E-state index in [-0.39, 0.29) is 12.2 Å². The lowest BCUT2D eigenvalue weighted by Gasteiger charge is -2.24. The van der Waals surface area contributed by atoms with Crippen molar-refractivity contribution in [3.05, 3.63) is 100 Å². The molecule has 0 aliphatic carbocycles. The second-order valence-electron chi connectivity index (χ2n) is 9.08. The Morgan fingerprint density at radius 2 is 1.69 bits per heavy atom. The highest BCUT2D eigenvalue weighted by Gasteiger charge is 2.50. The molecule has 3 aromatic carbocycles. The van der Waals surface area contributed by atoms with Gasteiger partial charge in [0, 0.05) is 11.1 Å². The number of fused-ring (bicyclic) bond motifs is 1. The van der Waals surface area contributed by atoms with Gasteiger partial charge in [-0.25, -0.2) is 0 Å². The first-order chi connectivity index (χ1) is 15.2. The van der Waals surface area contributed by atoms with Gasteiger partial charge in [-0.1, -0.05) is 80.1 Å². The summed E-state index contributed by atoms with van der Waals surface area (Å²) in [4.78, 5) is 28.2. The van der Waals surface area contributed by atoms with E-state index >= 15 is 0 Å². The standard InChI is InChI=1S/C28H29NO3/c1-18(2)22-14-11-20(4)23(15-22)17-29-25-8-6-5-7-24(25)28(32,27(29)31)16-26(30)21-12-9-19(3)10-13-21/h5-15,18,32H,16-17H2,1-4H3/t28-/m0/s1. The Labute approximate surface area is 189 Å². The lowest BCUT2D eigenvalue weighted by Crippen LogP contribution is -2.41. The van der Waals surface area contributed by atoms with Crippen molar-refractivity contribution in [3.63, 3.8) is 0 Å². The van der Waals surface area contributed by atoms with Crippen molar-refractivity contribution in [2.45, 2.75) is 52.2 Å². The van der Waals surface area contributed by atoms with E-state index in [1.165, 1.54) is 5.56 Å². The Bertz CT molecular complexity index is 1180. The van der Waals surface area contributed by atoms with Crippen LogP contribution in [0, 0.1) is 13.8 Å². The first kappa shape index (κ1) is 22.0. The van der Waals surface area contributed by atoms with E-state index in [0.29, 0.717) is 29.3 Å². The number of hydrogen-bond donors (Lipinski definition) is 1. The van der Waals surface area contributed by atoms with E-state index in [0.717, 1.165) is 16.7 Å². The molecule has 1 amide bonds. The Kier molecular flexibility index (Phi) is 5.74. The topological polar surface area (TPSA) is 57.6 Å². The van der Waals surface area contributed by atoms with Crippen molar-refractivity contribution in [1.82, 2.24) is 0 Å². The third-order valence-electron chi connectivity index (χ3n) is 6.40.